The van der Waals surface area contributed by atoms with Crippen LogP contribution in [0, 0.1) is 10.1 Å². The molecule has 1 fully saturated rings. The first-order valence-electron chi connectivity index (χ1n) is 12.5. The average Bonchev–Trinajstić information content (AvgIpc) is 3.23. The van der Waals surface area contributed by atoms with Crippen LogP contribution in [0.5, 0.6) is 5.75 Å². The maximum atomic E-state index is 10.6. The Morgan fingerprint density at radius 3 is 2.89 bits per heavy atom. The van der Waals surface area contributed by atoms with Crippen LogP contribution in [0.15, 0.2) is 29.3 Å². The number of nitrogens with zero attached hydrogens (tertiary/aromatic N) is 6. The maximum absolute atomic E-state index is 10.6. The average molecular weight is 503 g/mol. The quantitative estimate of drug-likeness (QED) is 0.115. The van der Waals surface area contributed by atoms with Crippen LogP contribution in [-0.2, 0) is 20.0 Å². The molecule has 3 N–H and O–H groups in total. The largest absolute Gasteiger partial charge is 0.491 e. The number of hydrogen-bond acceptors (Lipinski definition) is 9. The van der Waals surface area contributed by atoms with Gasteiger partial charge in [-0.3, -0.25) is 20.0 Å². The molecule has 0 aliphatic carbocycles. The van der Waals surface area contributed by atoms with Crippen LogP contribution >= 0.6 is 0 Å². The van der Waals surface area contributed by atoms with Gasteiger partial charge in [0.2, 0.25) is 5.95 Å². The summed E-state index contributed by atoms with van der Waals surface area (Å²) in [6, 6.07) is 8.07. The fraction of sp³-hybridized carbons (Fsp3) is 0.625. The highest BCUT2D eigenvalue weighted by atomic mass is 16.6. The summed E-state index contributed by atoms with van der Waals surface area (Å²) in [6.07, 6.45) is 4.45. The minimum Gasteiger partial charge on any atom is -0.491 e. The van der Waals surface area contributed by atoms with Crippen LogP contribution in [0.2, 0.25) is 0 Å². The molecule has 3 rings (SSSR count). The minimum atomic E-state index is -0.714. The number of nitro groups is 1. The third-order valence-corrected chi connectivity index (χ3v) is 5.95. The number of aliphatic imine (C=N–C) groups is 1. The lowest BCUT2D eigenvalue weighted by Crippen LogP contribution is -2.31. The fourth-order valence-corrected chi connectivity index (χ4v) is 4.07. The third-order valence-electron chi connectivity index (χ3n) is 5.95. The Morgan fingerprint density at radius 2 is 2.14 bits per heavy atom. The van der Waals surface area contributed by atoms with Crippen LogP contribution in [0.3, 0.4) is 0 Å². The van der Waals surface area contributed by atoms with Gasteiger partial charge in [0.15, 0.2) is 11.7 Å². The van der Waals surface area contributed by atoms with Gasteiger partial charge in [0.1, 0.15) is 18.5 Å². The van der Waals surface area contributed by atoms with Crippen molar-refractivity contribution in [3.05, 3.63) is 45.8 Å². The van der Waals surface area contributed by atoms with Crippen LogP contribution < -0.4 is 15.4 Å². The molecule has 12 heteroatoms. The summed E-state index contributed by atoms with van der Waals surface area (Å²) in [6.45, 7) is 3.89. The topological polar surface area (TPSA) is 143 Å². The molecule has 1 unspecified atom stereocenters. The summed E-state index contributed by atoms with van der Waals surface area (Å²) in [5, 5.41) is 31.5. The summed E-state index contributed by atoms with van der Waals surface area (Å²) >= 11 is 0. The number of benzene rings is 1. The van der Waals surface area contributed by atoms with E-state index in [2.05, 4.69) is 36.7 Å². The van der Waals surface area contributed by atoms with E-state index < -0.39 is 11.0 Å². The molecule has 0 radical (unpaired) electrons. The van der Waals surface area contributed by atoms with Crippen molar-refractivity contribution in [1.29, 1.82) is 0 Å². The molecule has 2 aromatic rings. The second-order valence-electron chi connectivity index (χ2n) is 9.00. The number of aliphatic hydroxyl groups excluding tert-OH is 1. The lowest BCUT2D eigenvalue weighted by atomic mass is 10.1. The minimum absolute atomic E-state index is 0.169. The van der Waals surface area contributed by atoms with E-state index in [-0.39, 0.29) is 19.7 Å². The van der Waals surface area contributed by atoms with Crippen molar-refractivity contribution in [3.8, 4) is 5.75 Å². The number of hydrogen-bond donors (Lipinski definition) is 3. The van der Waals surface area contributed by atoms with Gasteiger partial charge in [-0.25, -0.2) is 4.68 Å². The Bertz CT molecular complexity index is 990. The first kappa shape index (κ1) is 27.3. The summed E-state index contributed by atoms with van der Waals surface area (Å²) < 4.78 is 7.46. The van der Waals surface area contributed by atoms with E-state index in [0.717, 1.165) is 25.4 Å². The number of likely N-dealkylation sites (tertiary alicyclic amines) is 1. The molecule has 198 valence electrons. The van der Waals surface area contributed by atoms with Crippen LogP contribution in [0.1, 0.15) is 37.1 Å². The molecule has 1 aliphatic heterocycles. The van der Waals surface area contributed by atoms with E-state index >= 15 is 0 Å². The Labute approximate surface area is 211 Å². The molecule has 0 amide bonds. The number of rotatable bonds is 14. The third kappa shape index (κ3) is 9.42. The van der Waals surface area contributed by atoms with Gasteiger partial charge in [-0.1, -0.05) is 18.6 Å². The predicted octanol–water partition coefficient (Wildman–Crippen LogP) is 1.48. The second-order valence-corrected chi connectivity index (χ2v) is 9.00. The summed E-state index contributed by atoms with van der Waals surface area (Å²) in [5.74, 6) is 2.32. The zero-order valence-electron chi connectivity index (χ0n) is 21.2. The fourth-order valence-electron chi connectivity index (χ4n) is 4.07. The van der Waals surface area contributed by atoms with Gasteiger partial charge in [-0.2, -0.15) is 10.1 Å². The second kappa shape index (κ2) is 14.3. The van der Waals surface area contributed by atoms with E-state index in [1.54, 1.807) is 11.7 Å². The van der Waals surface area contributed by atoms with E-state index in [1.165, 1.54) is 31.9 Å². The number of ether oxygens (including phenoxy) is 1. The summed E-state index contributed by atoms with van der Waals surface area (Å²) in [7, 11) is 3.31. The number of aliphatic hydroxyl groups is 1. The van der Waals surface area contributed by atoms with Crippen molar-refractivity contribution in [3.63, 3.8) is 0 Å². The number of aryl methyl sites for hydroxylation is 2. The van der Waals surface area contributed by atoms with Crippen LogP contribution in [0.4, 0.5) is 5.95 Å². The molecule has 0 bridgehead atoms. The SMILES string of the molecule is CN=C(C[N+](=O)[O-])NCCCc1nc(NCC(O)COc2cccc(CN3CCCCC3)c2)n(C)n1. The number of amidine groups is 1. The molecule has 1 saturated heterocycles. The Hall–Kier alpha value is -3.25. The zero-order chi connectivity index (χ0) is 25.8. The van der Waals surface area contributed by atoms with Crippen LogP contribution in [-0.4, -0.2) is 88.0 Å². The van der Waals surface area contributed by atoms with E-state index in [1.807, 2.05) is 18.2 Å². The zero-order valence-corrected chi connectivity index (χ0v) is 21.2. The monoisotopic (exact) mass is 502 g/mol. The van der Waals surface area contributed by atoms with Gasteiger partial charge in [0, 0.05) is 45.1 Å². The molecule has 12 nitrogen and oxygen atoms in total. The van der Waals surface area contributed by atoms with Crippen molar-refractivity contribution in [2.24, 2.45) is 12.0 Å². The Kier molecular flexibility index (Phi) is 10.9. The van der Waals surface area contributed by atoms with E-state index in [9.17, 15) is 15.2 Å². The number of aromatic nitrogens is 3. The molecule has 1 aromatic carbocycles. The lowest BCUT2D eigenvalue weighted by Gasteiger charge is -2.26. The highest BCUT2D eigenvalue weighted by Crippen LogP contribution is 2.18. The maximum Gasteiger partial charge on any atom is 0.259 e. The standard InChI is InChI=1S/C24H38N8O4/c1-25-23(17-32(34)35)26-11-7-10-22-28-24(30(2)29-22)27-15-20(33)18-36-21-9-6-8-19(14-21)16-31-12-4-3-5-13-31/h6,8-9,14,20,33H,3-5,7,10-13,15-18H2,1-2H3,(H,25,26)(H,27,28,29). The summed E-state index contributed by atoms with van der Waals surface area (Å²) in [4.78, 5) is 21.0. The van der Waals surface area contributed by atoms with Crippen molar-refractivity contribution in [1.82, 2.24) is 25.0 Å². The Morgan fingerprint density at radius 1 is 1.33 bits per heavy atom. The van der Waals surface area contributed by atoms with Gasteiger partial charge >= 0.3 is 0 Å². The van der Waals surface area contributed by atoms with Crippen LogP contribution in [0.25, 0.3) is 0 Å². The Balaban J connectivity index is 1.37. The molecule has 36 heavy (non-hydrogen) atoms. The molecule has 1 atom stereocenters. The van der Waals surface area contributed by atoms with Crippen molar-refractivity contribution >= 4 is 11.8 Å². The highest BCUT2D eigenvalue weighted by Gasteiger charge is 2.13. The molecule has 1 aliphatic rings. The van der Waals surface area contributed by atoms with Crippen molar-refractivity contribution in [2.45, 2.75) is 44.8 Å². The predicted molar refractivity (Wildman–Crippen MR) is 138 cm³/mol. The van der Waals surface area contributed by atoms with E-state index in [0.29, 0.717) is 37.0 Å². The van der Waals surface area contributed by atoms with Crippen molar-refractivity contribution in [2.75, 3.05) is 51.7 Å². The van der Waals surface area contributed by atoms with Gasteiger partial charge < -0.3 is 20.5 Å². The van der Waals surface area contributed by atoms with Gasteiger partial charge in [0.05, 0.1) is 0 Å². The number of piperidine rings is 1. The first-order chi connectivity index (χ1) is 17.4. The molecule has 1 aromatic heterocycles. The van der Waals surface area contributed by atoms with Gasteiger partial charge in [-0.15, -0.1) is 0 Å². The van der Waals surface area contributed by atoms with Gasteiger partial charge in [0.25, 0.3) is 6.54 Å². The molecular weight excluding hydrogens is 464 g/mol. The first-order valence-corrected chi connectivity index (χ1v) is 12.5. The van der Waals surface area contributed by atoms with Gasteiger partial charge in [-0.05, 0) is 50.0 Å². The molecule has 0 saturated carbocycles. The normalized spacial score (nSPS) is 15.5. The molecular formula is C24H38N8O4. The lowest BCUT2D eigenvalue weighted by molar-refractivity contribution is -0.463. The smallest absolute Gasteiger partial charge is 0.259 e. The summed E-state index contributed by atoms with van der Waals surface area (Å²) in [5.41, 5.74) is 1.22. The van der Waals surface area contributed by atoms with E-state index in [4.69, 9.17) is 4.74 Å². The molecule has 0 spiro atoms. The highest BCUT2D eigenvalue weighted by molar-refractivity contribution is 5.82. The number of nitrogens with one attached hydrogen (secondary N) is 2. The van der Waals surface area contributed by atoms with Crippen molar-refractivity contribution < 1.29 is 14.8 Å². The number of anilines is 1. The molecule has 2 heterocycles.